The van der Waals surface area contributed by atoms with Gasteiger partial charge in [-0.3, -0.25) is 0 Å². The molecule has 0 amide bonds. The summed E-state index contributed by atoms with van der Waals surface area (Å²) in [5.74, 6) is 0.838. The molecule has 3 heteroatoms. The van der Waals surface area contributed by atoms with E-state index < -0.39 is 0 Å². The molecule has 3 nitrogen and oxygen atoms in total. The number of nitrogens with zero attached hydrogens (tertiary/aromatic N) is 1. The third-order valence-corrected chi connectivity index (χ3v) is 1.71. The number of benzene rings is 1. The van der Waals surface area contributed by atoms with Gasteiger partial charge in [-0.2, -0.15) is 4.91 Å². The van der Waals surface area contributed by atoms with E-state index in [1.165, 1.54) is 0 Å². The lowest BCUT2D eigenvalue weighted by atomic mass is 10.1. The zero-order chi connectivity index (χ0) is 8.97. The van der Waals surface area contributed by atoms with Crippen molar-refractivity contribution in [1.29, 1.82) is 0 Å². The highest BCUT2D eigenvalue weighted by Crippen LogP contribution is 2.18. The maximum absolute atomic E-state index is 9.96. The molecule has 0 unspecified atom stereocenters. The second-order valence-corrected chi connectivity index (χ2v) is 2.59. The van der Waals surface area contributed by atoms with Crippen molar-refractivity contribution in [2.45, 2.75) is 13.5 Å². The first-order valence-electron chi connectivity index (χ1n) is 3.70. The van der Waals surface area contributed by atoms with Gasteiger partial charge in [0.2, 0.25) is 0 Å². The Morgan fingerprint density at radius 3 is 2.75 bits per heavy atom. The van der Waals surface area contributed by atoms with Gasteiger partial charge in [-0.05, 0) is 24.1 Å². The van der Waals surface area contributed by atoms with Gasteiger partial charge in [0.15, 0.2) is 0 Å². The predicted molar refractivity (Wildman–Crippen MR) is 47.2 cm³/mol. The summed E-state index contributed by atoms with van der Waals surface area (Å²) in [7, 11) is 1.62. The molecule has 0 aliphatic rings. The van der Waals surface area contributed by atoms with Crippen molar-refractivity contribution in [2.24, 2.45) is 5.18 Å². The Morgan fingerprint density at radius 1 is 1.50 bits per heavy atom. The summed E-state index contributed by atoms with van der Waals surface area (Å²) in [5.41, 5.74) is 1.95. The number of methoxy groups -OCH3 is 1. The van der Waals surface area contributed by atoms with E-state index in [0.29, 0.717) is 0 Å². The van der Waals surface area contributed by atoms with Gasteiger partial charge >= 0.3 is 0 Å². The van der Waals surface area contributed by atoms with E-state index in [9.17, 15) is 4.91 Å². The summed E-state index contributed by atoms with van der Waals surface area (Å²) in [6.07, 6.45) is 0. The van der Waals surface area contributed by atoms with E-state index in [1.54, 1.807) is 7.11 Å². The molecule has 1 aromatic carbocycles. The Balaban J connectivity index is 2.93. The van der Waals surface area contributed by atoms with Crippen LogP contribution in [0.2, 0.25) is 0 Å². The molecule has 0 N–H and O–H groups in total. The molecular formula is C9H11NO2. The van der Waals surface area contributed by atoms with Crippen molar-refractivity contribution in [1.82, 2.24) is 0 Å². The summed E-state index contributed by atoms with van der Waals surface area (Å²) in [4.78, 5) is 9.96. The van der Waals surface area contributed by atoms with Crippen LogP contribution < -0.4 is 4.74 Å². The van der Waals surface area contributed by atoms with Crippen LogP contribution in [0.5, 0.6) is 5.75 Å². The first-order valence-corrected chi connectivity index (χ1v) is 3.70. The van der Waals surface area contributed by atoms with Crippen LogP contribution in [0.15, 0.2) is 23.4 Å². The van der Waals surface area contributed by atoms with Crippen molar-refractivity contribution >= 4 is 0 Å². The first kappa shape index (κ1) is 8.71. The molecule has 0 atom stereocenters. The Hall–Kier alpha value is -1.38. The molecular weight excluding hydrogens is 154 g/mol. The second-order valence-electron chi connectivity index (χ2n) is 2.59. The van der Waals surface area contributed by atoms with E-state index in [-0.39, 0.29) is 6.54 Å². The molecule has 12 heavy (non-hydrogen) atoms. The lowest BCUT2D eigenvalue weighted by Crippen LogP contribution is -1.88. The van der Waals surface area contributed by atoms with E-state index >= 15 is 0 Å². The summed E-state index contributed by atoms with van der Waals surface area (Å²) >= 11 is 0. The van der Waals surface area contributed by atoms with Crippen LogP contribution in [0.3, 0.4) is 0 Å². The second kappa shape index (κ2) is 3.85. The van der Waals surface area contributed by atoms with E-state index in [4.69, 9.17) is 4.74 Å². The summed E-state index contributed by atoms with van der Waals surface area (Å²) in [6, 6.07) is 5.59. The number of hydrogen-bond acceptors (Lipinski definition) is 3. The Kier molecular flexibility index (Phi) is 2.80. The average molecular weight is 165 g/mol. The Bertz CT molecular complexity index is 284. The van der Waals surface area contributed by atoms with Gasteiger partial charge in [0, 0.05) is 0 Å². The lowest BCUT2D eigenvalue weighted by molar-refractivity contribution is 0.411. The van der Waals surface area contributed by atoms with E-state index in [2.05, 4.69) is 5.18 Å². The Morgan fingerprint density at radius 2 is 2.25 bits per heavy atom. The number of ether oxygens (including phenoxy) is 1. The number of aryl methyl sites for hydroxylation is 1. The van der Waals surface area contributed by atoms with Gasteiger partial charge in [0.1, 0.15) is 12.3 Å². The molecule has 0 spiro atoms. The molecule has 0 aliphatic carbocycles. The quantitative estimate of drug-likeness (QED) is 0.644. The van der Waals surface area contributed by atoms with Gasteiger partial charge in [-0.15, -0.1) is 0 Å². The number of nitroso groups, excluding NO2 is 1. The highest BCUT2D eigenvalue weighted by Gasteiger charge is 1.98. The number of rotatable bonds is 3. The fraction of sp³-hybridized carbons (Fsp3) is 0.333. The topological polar surface area (TPSA) is 38.7 Å². The minimum atomic E-state index is 0.227. The fourth-order valence-corrected chi connectivity index (χ4v) is 1.11. The highest BCUT2D eigenvalue weighted by atomic mass is 16.5. The maximum Gasteiger partial charge on any atom is 0.121 e. The minimum absolute atomic E-state index is 0.227. The van der Waals surface area contributed by atoms with Crippen molar-refractivity contribution in [3.63, 3.8) is 0 Å². The molecule has 64 valence electrons. The highest BCUT2D eigenvalue weighted by molar-refractivity contribution is 5.36. The van der Waals surface area contributed by atoms with Crippen molar-refractivity contribution in [2.75, 3.05) is 7.11 Å². The van der Waals surface area contributed by atoms with Crippen LogP contribution in [0.25, 0.3) is 0 Å². The fourth-order valence-electron chi connectivity index (χ4n) is 1.11. The molecule has 0 aromatic heterocycles. The van der Waals surface area contributed by atoms with Crippen LogP contribution in [0, 0.1) is 11.8 Å². The summed E-state index contributed by atoms with van der Waals surface area (Å²) in [5, 5.41) is 2.81. The predicted octanol–water partition coefficient (Wildman–Crippen LogP) is 2.27. The minimum Gasteiger partial charge on any atom is -0.496 e. The van der Waals surface area contributed by atoms with Gasteiger partial charge in [0.05, 0.1) is 7.11 Å². The van der Waals surface area contributed by atoms with Gasteiger partial charge in [-0.25, -0.2) is 0 Å². The lowest BCUT2D eigenvalue weighted by Gasteiger charge is -2.04. The largest absolute Gasteiger partial charge is 0.496 e. The number of hydrogen-bond donors (Lipinski definition) is 0. The van der Waals surface area contributed by atoms with Crippen LogP contribution in [-0.4, -0.2) is 7.11 Å². The smallest absolute Gasteiger partial charge is 0.121 e. The molecule has 0 heterocycles. The monoisotopic (exact) mass is 165 g/mol. The summed E-state index contributed by atoms with van der Waals surface area (Å²) < 4.78 is 5.07. The van der Waals surface area contributed by atoms with Crippen LogP contribution in [0.4, 0.5) is 0 Å². The van der Waals surface area contributed by atoms with Crippen LogP contribution in [0.1, 0.15) is 11.1 Å². The zero-order valence-electron chi connectivity index (χ0n) is 7.20. The SMILES string of the molecule is COc1ccc(CN=O)cc1C. The van der Waals surface area contributed by atoms with Gasteiger partial charge < -0.3 is 4.74 Å². The maximum atomic E-state index is 9.96. The molecule has 1 rings (SSSR count). The Labute approximate surface area is 71.3 Å². The average Bonchev–Trinajstić information content (AvgIpc) is 2.05. The standard InChI is InChI=1S/C9H11NO2/c1-7-5-8(6-10-11)3-4-9(7)12-2/h3-5H,6H2,1-2H3. The van der Waals surface area contributed by atoms with Crippen molar-refractivity contribution in [3.8, 4) is 5.75 Å². The molecule has 0 aliphatic heterocycles. The molecule has 0 saturated carbocycles. The van der Waals surface area contributed by atoms with Crippen molar-refractivity contribution < 1.29 is 4.74 Å². The first-order chi connectivity index (χ1) is 5.77. The normalized spacial score (nSPS) is 9.50. The zero-order valence-corrected chi connectivity index (χ0v) is 7.20. The molecule has 0 radical (unpaired) electrons. The van der Waals surface area contributed by atoms with Crippen molar-refractivity contribution in [3.05, 3.63) is 34.2 Å². The van der Waals surface area contributed by atoms with Crippen LogP contribution in [-0.2, 0) is 6.54 Å². The van der Waals surface area contributed by atoms with Crippen LogP contribution >= 0.6 is 0 Å². The molecule has 1 aromatic rings. The van der Waals surface area contributed by atoms with Gasteiger partial charge in [0.25, 0.3) is 0 Å². The molecule has 0 fully saturated rings. The van der Waals surface area contributed by atoms with Gasteiger partial charge in [-0.1, -0.05) is 17.3 Å². The molecule has 0 bridgehead atoms. The third-order valence-electron chi connectivity index (χ3n) is 1.71. The summed E-state index contributed by atoms with van der Waals surface area (Å²) in [6.45, 7) is 2.16. The molecule has 0 saturated heterocycles. The van der Waals surface area contributed by atoms with E-state index in [0.717, 1.165) is 16.9 Å². The third kappa shape index (κ3) is 1.81. The van der Waals surface area contributed by atoms with E-state index in [1.807, 2.05) is 25.1 Å².